The Kier molecular flexibility index (Phi) is 7.90. The number of piperidine rings is 1. The Morgan fingerprint density at radius 2 is 1.79 bits per heavy atom. The number of rotatable bonds is 8. The zero-order chi connectivity index (χ0) is 33.4. The number of benzene rings is 2. The highest BCUT2D eigenvalue weighted by Crippen LogP contribution is 2.66. The molecule has 2 aliphatic heterocycles. The number of nitrogens with one attached hydrogen (secondary N) is 1. The number of hydrogen-bond acceptors (Lipinski definition) is 6. The molecule has 0 radical (unpaired) electrons. The number of carbonyl (C=O) groups excluding carboxylic acids is 2. The Hall–Kier alpha value is -3.37. The van der Waals surface area contributed by atoms with Gasteiger partial charge in [-0.05, 0) is 112 Å². The van der Waals surface area contributed by atoms with E-state index in [1.165, 1.54) is 30.4 Å². The van der Waals surface area contributed by atoms with Gasteiger partial charge in [0.1, 0.15) is 5.75 Å². The van der Waals surface area contributed by atoms with Crippen LogP contribution >= 0.6 is 0 Å². The van der Waals surface area contributed by atoms with Crippen LogP contribution < -0.4 is 9.46 Å². The lowest BCUT2D eigenvalue weighted by molar-refractivity contribution is -0.139. The Labute approximate surface area is 284 Å². The SMILES string of the molecule is COc1ccc2c(c1)C1CC1(C(=O)N1CCCC(CN(C)C)C1)Cn1c-2c(C2CCCCC2)c2ccc(C(=O)NS(=O)(=O)C3CC3)cc21. The molecule has 2 aromatic carbocycles. The number of likely N-dealkylation sites (tertiary alicyclic amines) is 1. The van der Waals surface area contributed by atoms with Gasteiger partial charge in [-0.1, -0.05) is 25.3 Å². The second kappa shape index (κ2) is 11.9. The van der Waals surface area contributed by atoms with Gasteiger partial charge >= 0.3 is 0 Å². The summed E-state index contributed by atoms with van der Waals surface area (Å²) in [6.45, 7) is 3.07. The molecule has 3 atom stereocenters. The maximum atomic E-state index is 14.9. The molecule has 3 aromatic rings. The topological polar surface area (TPSA) is 101 Å². The molecule has 1 aromatic heterocycles. The smallest absolute Gasteiger partial charge is 0.264 e. The van der Waals surface area contributed by atoms with E-state index >= 15 is 0 Å². The van der Waals surface area contributed by atoms with E-state index in [1.807, 2.05) is 18.2 Å². The fourth-order valence-electron chi connectivity index (χ4n) is 9.30. The lowest BCUT2D eigenvalue weighted by Crippen LogP contribution is -2.47. The molecule has 48 heavy (non-hydrogen) atoms. The van der Waals surface area contributed by atoms with E-state index in [4.69, 9.17) is 4.74 Å². The molecule has 5 aliphatic rings. The van der Waals surface area contributed by atoms with Gasteiger partial charge in [-0.25, -0.2) is 13.1 Å². The van der Waals surface area contributed by atoms with E-state index in [2.05, 4.69) is 45.3 Å². The third kappa shape index (κ3) is 5.43. The molecular formula is C38H48N4O5S. The maximum Gasteiger partial charge on any atom is 0.264 e. The number of ether oxygens (including phenoxy) is 1. The van der Waals surface area contributed by atoms with Crippen molar-refractivity contribution in [1.29, 1.82) is 0 Å². The van der Waals surface area contributed by atoms with Crippen LogP contribution in [0.3, 0.4) is 0 Å². The third-order valence-corrected chi connectivity index (χ3v) is 13.7. The van der Waals surface area contributed by atoms with E-state index in [-0.39, 0.29) is 11.8 Å². The monoisotopic (exact) mass is 672 g/mol. The predicted molar refractivity (Wildman–Crippen MR) is 187 cm³/mol. The molecule has 0 spiro atoms. The van der Waals surface area contributed by atoms with Crippen molar-refractivity contribution in [2.24, 2.45) is 11.3 Å². The largest absolute Gasteiger partial charge is 0.497 e. The second-order valence-corrected chi connectivity index (χ2v) is 17.4. The molecule has 10 heteroatoms. The van der Waals surface area contributed by atoms with Gasteiger partial charge in [-0.15, -0.1) is 0 Å². The number of methoxy groups -OCH3 is 1. The highest BCUT2D eigenvalue weighted by atomic mass is 32.2. The van der Waals surface area contributed by atoms with Gasteiger partial charge < -0.3 is 19.1 Å². The summed E-state index contributed by atoms with van der Waals surface area (Å²) in [6.07, 6.45) is 9.92. The average Bonchev–Trinajstić information content (AvgIpc) is 4.01. The molecule has 4 fully saturated rings. The van der Waals surface area contributed by atoms with Crippen LogP contribution in [0.5, 0.6) is 5.75 Å². The van der Waals surface area contributed by atoms with Crippen molar-refractivity contribution in [2.45, 2.75) is 87.8 Å². The Balaban J connectivity index is 1.28. The number of hydrogen-bond donors (Lipinski definition) is 1. The van der Waals surface area contributed by atoms with Gasteiger partial charge in [-0.2, -0.15) is 0 Å². The van der Waals surface area contributed by atoms with Crippen molar-refractivity contribution >= 4 is 32.7 Å². The van der Waals surface area contributed by atoms with Crippen LogP contribution in [0.25, 0.3) is 22.2 Å². The predicted octanol–water partition coefficient (Wildman–Crippen LogP) is 5.87. The van der Waals surface area contributed by atoms with Crippen molar-refractivity contribution in [2.75, 3.05) is 40.8 Å². The molecule has 0 bridgehead atoms. The van der Waals surface area contributed by atoms with Crippen molar-refractivity contribution in [3.8, 4) is 17.0 Å². The molecule has 3 aliphatic carbocycles. The van der Waals surface area contributed by atoms with Crippen LogP contribution in [0, 0.1) is 11.3 Å². The van der Waals surface area contributed by atoms with Gasteiger partial charge in [0.15, 0.2) is 0 Å². The average molecular weight is 673 g/mol. The minimum atomic E-state index is -3.69. The number of amides is 2. The van der Waals surface area contributed by atoms with E-state index in [0.29, 0.717) is 36.8 Å². The molecule has 3 unspecified atom stereocenters. The molecule has 1 saturated heterocycles. The van der Waals surface area contributed by atoms with Crippen LogP contribution in [0.2, 0.25) is 0 Å². The van der Waals surface area contributed by atoms with Crippen LogP contribution in [0.1, 0.15) is 97.5 Å². The first-order chi connectivity index (χ1) is 23.1. The van der Waals surface area contributed by atoms with Crippen LogP contribution in [-0.4, -0.2) is 80.7 Å². The summed E-state index contributed by atoms with van der Waals surface area (Å²) >= 11 is 0. The van der Waals surface area contributed by atoms with E-state index in [9.17, 15) is 18.0 Å². The molecule has 3 saturated carbocycles. The van der Waals surface area contributed by atoms with Gasteiger partial charge in [0.25, 0.3) is 5.91 Å². The quantitative estimate of drug-likeness (QED) is 0.321. The minimum Gasteiger partial charge on any atom is -0.497 e. The summed E-state index contributed by atoms with van der Waals surface area (Å²) in [6, 6.07) is 12.0. The van der Waals surface area contributed by atoms with Gasteiger partial charge in [-0.3, -0.25) is 9.59 Å². The number of nitrogens with zero attached hydrogens (tertiary/aromatic N) is 3. The Morgan fingerprint density at radius 3 is 2.52 bits per heavy atom. The lowest BCUT2D eigenvalue weighted by atomic mass is 9.81. The molecular weight excluding hydrogens is 625 g/mol. The fourth-order valence-corrected chi connectivity index (χ4v) is 10.6. The molecule has 9 nitrogen and oxygen atoms in total. The summed E-state index contributed by atoms with van der Waals surface area (Å²) in [5, 5.41) is 0.622. The first kappa shape index (κ1) is 31.9. The standard InChI is InChI=1S/C38H48N4O5S/c1-40(2)21-24-8-7-17-41(22-24)37(44)38-20-32(38)31-19-27(47-3)12-16-29(31)35-34(25-9-5-4-6-10-25)30-15-11-26(18-33(30)42(35)23-38)36(43)39-48(45,46)28-13-14-28/h11-12,15-16,18-19,24-25,28,32H,4-10,13-14,17,20-23H2,1-3H3,(H,39,43). The highest BCUT2D eigenvalue weighted by molar-refractivity contribution is 7.91. The van der Waals surface area contributed by atoms with Crippen molar-refractivity contribution in [3.63, 3.8) is 0 Å². The van der Waals surface area contributed by atoms with E-state index in [0.717, 1.165) is 79.6 Å². The maximum absolute atomic E-state index is 14.9. The first-order valence-electron chi connectivity index (χ1n) is 17.9. The summed E-state index contributed by atoms with van der Waals surface area (Å²) in [5.41, 5.74) is 5.44. The van der Waals surface area contributed by atoms with E-state index < -0.39 is 26.6 Å². The third-order valence-electron chi connectivity index (χ3n) is 11.8. The summed E-state index contributed by atoms with van der Waals surface area (Å²) in [5.74, 6) is 1.35. The molecule has 1 N–H and O–H groups in total. The Bertz CT molecular complexity index is 1890. The number of aromatic nitrogens is 1. The summed E-state index contributed by atoms with van der Waals surface area (Å²) in [7, 11) is 2.21. The Morgan fingerprint density at radius 1 is 1.00 bits per heavy atom. The van der Waals surface area contributed by atoms with Gasteiger partial charge in [0.05, 0.1) is 23.5 Å². The molecule has 3 heterocycles. The molecule has 256 valence electrons. The molecule has 8 rings (SSSR count). The van der Waals surface area contributed by atoms with Crippen molar-refractivity contribution in [1.82, 2.24) is 19.1 Å². The zero-order valence-corrected chi connectivity index (χ0v) is 29.3. The summed E-state index contributed by atoms with van der Waals surface area (Å²) < 4.78 is 35.9. The van der Waals surface area contributed by atoms with Crippen LogP contribution in [0.15, 0.2) is 36.4 Å². The van der Waals surface area contributed by atoms with Crippen molar-refractivity contribution in [3.05, 3.63) is 53.1 Å². The zero-order valence-electron chi connectivity index (χ0n) is 28.5. The number of fused-ring (bicyclic) bond motifs is 7. The minimum absolute atomic E-state index is 0.0775. The summed E-state index contributed by atoms with van der Waals surface area (Å²) in [4.78, 5) is 32.6. The van der Waals surface area contributed by atoms with Gasteiger partial charge in [0, 0.05) is 54.1 Å². The van der Waals surface area contributed by atoms with Gasteiger partial charge in [0.2, 0.25) is 15.9 Å². The number of sulfonamides is 1. The lowest BCUT2D eigenvalue weighted by Gasteiger charge is -2.36. The second-order valence-electron chi connectivity index (χ2n) is 15.5. The molecule has 2 amide bonds. The highest BCUT2D eigenvalue weighted by Gasteiger charge is 2.64. The van der Waals surface area contributed by atoms with Crippen LogP contribution in [0.4, 0.5) is 0 Å². The normalized spacial score (nSPS) is 25.6. The van der Waals surface area contributed by atoms with E-state index in [1.54, 1.807) is 13.2 Å². The van der Waals surface area contributed by atoms with Crippen molar-refractivity contribution < 1.29 is 22.7 Å². The fraction of sp³-hybridized carbons (Fsp3) is 0.579. The van der Waals surface area contributed by atoms with Crippen LogP contribution in [-0.2, 0) is 21.4 Å². The first-order valence-corrected chi connectivity index (χ1v) is 19.5. The number of carbonyl (C=O) groups is 2.